The van der Waals surface area contributed by atoms with Crippen molar-refractivity contribution in [1.82, 2.24) is 4.90 Å². The van der Waals surface area contributed by atoms with E-state index in [1.54, 1.807) is 0 Å². The molecule has 29 heavy (non-hydrogen) atoms. The second kappa shape index (κ2) is 8.45. The lowest BCUT2D eigenvalue weighted by molar-refractivity contribution is 0.0268. The standard InChI is InChI=1S/C26H35NOS/c1-24(2)20-25(16-19-29-24)14-9-17-27(21-25)18-15-26(28,22-10-5-3-6-11-22)23-12-7-4-8-13-23/h3-8,10-13,28H,9,14-21H2,1-2H3/t25-/m1/s1. The van der Waals surface area contributed by atoms with Crippen molar-refractivity contribution in [2.24, 2.45) is 5.41 Å². The molecular weight excluding hydrogens is 374 g/mol. The minimum atomic E-state index is -0.936. The fourth-order valence-corrected chi connectivity index (χ4v) is 7.13. The van der Waals surface area contributed by atoms with E-state index < -0.39 is 5.60 Å². The van der Waals surface area contributed by atoms with Crippen LogP contribution in [-0.2, 0) is 5.60 Å². The Morgan fingerprint density at radius 1 is 0.966 bits per heavy atom. The lowest BCUT2D eigenvalue weighted by Crippen LogP contribution is -2.49. The second-order valence-corrected chi connectivity index (χ2v) is 11.6. The molecule has 0 aromatic heterocycles. The fraction of sp³-hybridized carbons (Fsp3) is 0.538. The monoisotopic (exact) mass is 409 g/mol. The Morgan fingerprint density at radius 3 is 2.17 bits per heavy atom. The fourth-order valence-electron chi connectivity index (χ4n) is 5.64. The molecule has 2 heterocycles. The van der Waals surface area contributed by atoms with Crippen LogP contribution in [0, 0.1) is 5.41 Å². The molecule has 2 nitrogen and oxygen atoms in total. The van der Waals surface area contributed by atoms with Crippen molar-refractivity contribution in [2.45, 2.75) is 56.3 Å². The number of benzene rings is 2. The van der Waals surface area contributed by atoms with E-state index in [-0.39, 0.29) is 0 Å². The summed E-state index contributed by atoms with van der Waals surface area (Å²) < 4.78 is 0.399. The number of hydrogen-bond acceptors (Lipinski definition) is 3. The molecule has 0 saturated carbocycles. The third kappa shape index (κ3) is 4.73. The van der Waals surface area contributed by atoms with E-state index in [2.05, 4.69) is 54.8 Å². The Morgan fingerprint density at radius 2 is 1.59 bits per heavy atom. The molecule has 2 aromatic carbocycles. The van der Waals surface area contributed by atoms with Crippen molar-refractivity contribution in [2.75, 3.05) is 25.4 Å². The van der Waals surface area contributed by atoms with Crippen LogP contribution < -0.4 is 0 Å². The Hall–Kier alpha value is -1.29. The molecule has 2 fully saturated rings. The molecule has 2 aromatic rings. The van der Waals surface area contributed by atoms with Crippen molar-refractivity contribution in [1.29, 1.82) is 0 Å². The summed E-state index contributed by atoms with van der Waals surface area (Å²) in [5.74, 6) is 1.29. The summed E-state index contributed by atoms with van der Waals surface area (Å²) in [6.07, 6.45) is 6.06. The summed E-state index contributed by atoms with van der Waals surface area (Å²) in [4.78, 5) is 2.63. The van der Waals surface area contributed by atoms with Crippen LogP contribution in [0.3, 0.4) is 0 Å². The highest BCUT2D eigenvalue weighted by Crippen LogP contribution is 2.50. The SMILES string of the molecule is CC1(C)C[C@@]2(CCCN(CCC(O)(c3ccccc3)c3ccccc3)C2)CCS1. The van der Waals surface area contributed by atoms with Crippen molar-refractivity contribution < 1.29 is 5.11 Å². The predicted molar refractivity (Wildman–Crippen MR) is 124 cm³/mol. The molecule has 0 radical (unpaired) electrons. The molecule has 4 rings (SSSR count). The van der Waals surface area contributed by atoms with Gasteiger partial charge in [0.1, 0.15) is 5.60 Å². The molecule has 156 valence electrons. The van der Waals surface area contributed by atoms with Gasteiger partial charge in [0, 0.05) is 17.8 Å². The van der Waals surface area contributed by atoms with E-state index in [0.717, 1.165) is 30.6 Å². The zero-order valence-corrected chi connectivity index (χ0v) is 18.8. The van der Waals surface area contributed by atoms with E-state index in [0.29, 0.717) is 10.2 Å². The van der Waals surface area contributed by atoms with Crippen LogP contribution >= 0.6 is 11.8 Å². The van der Waals surface area contributed by atoms with Gasteiger partial charge in [-0.2, -0.15) is 11.8 Å². The quantitative estimate of drug-likeness (QED) is 0.685. The maximum absolute atomic E-state index is 11.8. The molecule has 0 bridgehead atoms. The zero-order chi connectivity index (χ0) is 20.4. The molecule has 1 N–H and O–H groups in total. The number of nitrogens with zero attached hydrogens (tertiary/aromatic N) is 1. The highest BCUT2D eigenvalue weighted by atomic mass is 32.2. The molecule has 2 aliphatic heterocycles. The normalized spacial score (nSPS) is 25.2. The predicted octanol–water partition coefficient (Wildman–Crippen LogP) is 5.70. The molecule has 3 heteroatoms. The van der Waals surface area contributed by atoms with Gasteiger partial charge >= 0.3 is 0 Å². The molecule has 2 saturated heterocycles. The van der Waals surface area contributed by atoms with Gasteiger partial charge in [-0.3, -0.25) is 0 Å². The molecular formula is C26H35NOS. The number of piperidine rings is 1. The zero-order valence-electron chi connectivity index (χ0n) is 17.9. The van der Waals surface area contributed by atoms with Crippen LogP contribution in [0.2, 0.25) is 0 Å². The van der Waals surface area contributed by atoms with Crippen LogP contribution in [0.1, 0.15) is 57.1 Å². The molecule has 0 aliphatic carbocycles. The van der Waals surface area contributed by atoms with Crippen LogP contribution in [0.4, 0.5) is 0 Å². The number of hydrogen-bond donors (Lipinski definition) is 1. The largest absolute Gasteiger partial charge is 0.380 e. The van der Waals surface area contributed by atoms with Gasteiger partial charge in [0.05, 0.1) is 0 Å². The molecule has 0 amide bonds. The van der Waals surface area contributed by atoms with E-state index in [9.17, 15) is 5.11 Å². The third-order valence-corrected chi connectivity index (χ3v) is 8.29. The molecule has 1 atom stereocenters. The first kappa shape index (κ1) is 21.0. The van der Waals surface area contributed by atoms with Crippen LogP contribution in [-0.4, -0.2) is 40.1 Å². The summed E-state index contributed by atoms with van der Waals surface area (Å²) in [6, 6.07) is 20.4. The van der Waals surface area contributed by atoms with Gasteiger partial charge in [-0.15, -0.1) is 0 Å². The smallest absolute Gasteiger partial charge is 0.116 e. The van der Waals surface area contributed by atoms with Gasteiger partial charge in [0.25, 0.3) is 0 Å². The first-order valence-corrected chi connectivity index (χ1v) is 12.1. The molecule has 2 aliphatic rings. The average Bonchev–Trinajstić information content (AvgIpc) is 2.72. The molecule has 0 unspecified atom stereocenters. The minimum Gasteiger partial charge on any atom is -0.380 e. The number of rotatable bonds is 5. The van der Waals surface area contributed by atoms with Crippen molar-refractivity contribution >= 4 is 11.8 Å². The van der Waals surface area contributed by atoms with Crippen LogP contribution in [0.15, 0.2) is 60.7 Å². The van der Waals surface area contributed by atoms with E-state index in [4.69, 9.17) is 0 Å². The Bertz CT molecular complexity index is 747. The lowest BCUT2D eigenvalue weighted by atomic mass is 9.71. The van der Waals surface area contributed by atoms with Gasteiger partial charge in [0.2, 0.25) is 0 Å². The first-order chi connectivity index (χ1) is 13.9. The summed E-state index contributed by atoms with van der Waals surface area (Å²) in [5.41, 5.74) is 1.53. The van der Waals surface area contributed by atoms with Gasteiger partial charge in [-0.1, -0.05) is 74.5 Å². The Balaban J connectivity index is 1.51. The van der Waals surface area contributed by atoms with Crippen molar-refractivity contribution in [3.63, 3.8) is 0 Å². The summed E-state index contributed by atoms with van der Waals surface area (Å²) in [6.45, 7) is 8.13. The Kier molecular flexibility index (Phi) is 6.11. The maximum Gasteiger partial charge on any atom is 0.116 e. The van der Waals surface area contributed by atoms with E-state index >= 15 is 0 Å². The van der Waals surface area contributed by atoms with Gasteiger partial charge in [-0.05, 0) is 60.9 Å². The van der Waals surface area contributed by atoms with Gasteiger partial charge < -0.3 is 10.0 Å². The highest BCUT2D eigenvalue weighted by molar-refractivity contribution is 8.00. The maximum atomic E-state index is 11.8. The second-order valence-electron chi connectivity index (χ2n) is 9.76. The lowest BCUT2D eigenvalue weighted by Gasteiger charge is -2.50. The first-order valence-electron chi connectivity index (χ1n) is 11.1. The number of thioether (sulfide) groups is 1. The van der Waals surface area contributed by atoms with E-state index in [1.165, 1.54) is 38.0 Å². The van der Waals surface area contributed by atoms with Crippen LogP contribution in [0.5, 0.6) is 0 Å². The van der Waals surface area contributed by atoms with Crippen molar-refractivity contribution in [3.8, 4) is 0 Å². The summed E-state index contributed by atoms with van der Waals surface area (Å²) in [7, 11) is 0. The van der Waals surface area contributed by atoms with Crippen molar-refractivity contribution in [3.05, 3.63) is 71.8 Å². The van der Waals surface area contributed by atoms with E-state index in [1.807, 2.05) is 36.4 Å². The van der Waals surface area contributed by atoms with Gasteiger partial charge in [-0.25, -0.2) is 0 Å². The Labute approximate surface area is 180 Å². The minimum absolute atomic E-state index is 0.399. The average molecular weight is 410 g/mol. The molecule has 1 spiro atoms. The van der Waals surface area contributed by atoms with Crippen LogP contribution in [0.25, 0.3) is 0 Å². The van der Waals surface area contributed by atoms with Gasteiger partial charge in [0.15, 0.2) is 0 Å². The summed E-state index contributed by atoms with van der Waals surface area (Å²) in [5, 5.41) is 11.8. The number of likely N-dealkylation sites (tertiary alicyclic amines) is 1. The topological polar surface area (TPSA) is 23.5 Å². The summed E-state index contributed by atoms with van der Waals surface area (Å²) >= 11 is 2.14. The highest BCUT2D eigenvalue weighted by Gasteiger charge is 2.43. The third-order valence-electron chi connectivity index (χ3n) is 6.96. The number of aliphatic hydroxyl groups is 1.